The second kappa shape index (κ2) is 17.6. The number of piperidine rings is 1. The number of nitrogens with zero attached hydrogens (tertiary/aromatic N) is 1. The number of hydrogen-bond acceptors (Lipinski definition) is 8. The number of aliphatic hydroxyl groups excluding tert-OH is 1. The summed E-state index contributed by atoms with van der Waals surface area (Å²) in [5.74, 6) is -1.42. The number of unbranched alkanes of at least 4 members (excludes halogenated alkanes) is 1. The Labute approximate surface area is 294 Å². The van der Waals surface area contributed by atoms with Crippen molar-refractivity contribution >= 4 is 23.6 Å². The van der Waals surface area contributed by atoms with E-state index in [2.05, 4.69) is 53.9 Å². The molecular weight excluding hydrogens is 624 g/mol. The number of aliphatic hydroxyl groups is 1. The molecule has 3 rings (SSSR count). The number of fused-ring (bicyclic) bond motifs is 1. The van der Waals surface area contributed by atoms with Gasteiger partial charge in [-0.3, -0.25) is 25.0 Å². The molecule has 3 unspecified atom stereocenters. The van der Waals surface area contributed by atoms with Gasteiger partial charge in [-0.25, -0.2) is 4.79 Å². The lowest BCUT2D eigenvalue weighted by molar-refractivity contribution is -0.144. The second-order valence-corrected chi connectivity index (χ2v) is 16.4. The lowest BCUT2D eigenvalue weighted by atomic mass is 9.70. The summed E-state index contributed by atoms with van der Waals surface area (Å²) >= 11 is 0. The van der Waals surface area contributed by atoms with E-state index in [4.69, 9.17) is 4.74 Å². The third kappa shape index (κ3) is 10.3. The van der Waals surface area contributed by atoms with Gasteiger partial charge in [0.2, 0.25) is 11.7 Å². The molecule has 3 fully saturated rings. The molecule has 12 heteroatoms. The fraction of sp³-hybridized carbons (Fsp3) is 0.838. The van der Waals surface area contributed by atoms with Gasteiger partial charge in [-0.2, -0.15) is 0 Å². The van der Waals surface area contributed by atoms with Crippen LogP contribution in [0.2, 0.25) is 0 Å². The predicted molar refractivity (Wildman–Crippen MR) is 191 cm³/mol. The van der Waals surface area contributed by atoms with Crippen molar-refractivity contribution in [3.8, 4) is 0 Å². The number of Topliss-reactive ketones (excluding diaryl/α,β-unsaturated/α-hetero) is 1. The molecule has 1 heterocycles. The van der Waals surface area contributed by atoms with E-state index >= 15 is 0 Å². The number of ketones is 1. The van der Waals surface area contributed by atoms with Crippen molar-refractivity contribution in [2.24, 2.45) is 28.1 Å². The van der Waals surface area contributed by atoms with E-state index in [1.165, 1.54) is 6.08 Å². The molecule has 1 aliphatic heterocycles. The number of likely N-dealkylation sites (tertiary alicyclic amines) is 1. The highest BCUT2D eigenvalue weighted by molar-refractivity contribution is 6.38. The molecule has 7 atom stereocenters. The van der Waals surface area contributed by atoms with E-state index in [0.29, 0.717) is 32.7 Å². The van der Waals surface area contributed by atoms with Crippen LogP contribution in [-0.2, 0) is 19.1 Å². The van der Waals surface area contributed by atoms with Gasteiger partial charge in [-0.15, -0.1) is 6.58 Å². The Balaban J connectivity index is 1.87. The molecule has 12 nitrogen and oxygen atoms in total. The van der Waals surface area contributed by atoms with Crippen molar-refractivity contribution < 1.29 is 29.0 Å². The van der Waals surface area contributed by atoms with Crippen LogP contribution in [0.25, 0.3) is 0 Å². The fourth-order valence-corrected chi connectivity index (χ4v) is 7.90. The molecule has 0 radical (unpaired) electrons. The Bertz CT molecular complexity index is 1150. The van der Waals surface area contributed by atoms with Gasteiger partial charge in [0.1, 0.15) is 12.3 Å². The van der Waals surface area contributed by atoms with E-state index < -0.39 is 47.5 Å². The van der Waals surface area contributed by atoms with Gasteiger partial charge >= 0.3 is 6.03 Å². The minimum atomic E-state index is -1.24. The molecule has 3 aliphatic rings. The van der Waals surface area contributed by atoms with E-state index in [0.717, 1.165) is 45.1 Å². The molecule has 0 aromatic rings. The van der Waals surface area contributed by atoms with E-state index in [1.807, 2.05) is 34.6 Å². The molecule has 1 saturated heterocycles. The topological polar surface area (TPSA) is 161 Å². The molecule has 49 heavy (non-hydrogen) atoms. The number of ether oxygens (including phenoxy) is 1. The molecule has 280 valence electrons. The lowest BCUT2D eigenvalue weighted by Gasteiger charge is -2.44. The largest absolute Gasteiger partial charge is 0.376 e. The van der Waals surface area contributed by atoms with Gasteiger partial charge in [0.25, 0.3) is 5.91 Å². The zero-order valence-corrected chi connectivity index (χ0v) is 31.5. The van der Waals surface area contributed by atoms with Crippen molar-refractivity contribution in [2.75, 3.05) is 33.0 Å². The number of amides is 4. The number of urea groups is 1. The van der Waals surface area contributed by atoms with E-state index in [-0.39, 0.29) is 41.2 Å². The van der Waals surface area contributed by atoms with E-state index in [9.17, 15) is 24.3 Å². The van der Waals surface area contributed by atoms with Gasteiger partial charge in [-0.05, 0) is 53.9 Å². The molecule has 0 bridgehead atoms. The maximum atomic E-state index is 14.8. The average molecular weight is 691 g/mol. The molecule has 2 saturated carbocycles. The summed E-state index contributed by atoms with van der Waals surface area (Å²) < 4.78 is 5.80. The van der Waals surface area contributed by atoms with Crippen LogP contribution >= 0.6 is 0 Å². The third-order valence-corrected chi connectivity index (χ3v) is 11.3. The van der Waals surface area contributed by atoms with Crippen LogP contribution in [0.4, 0.5) is 4.79 Å². The summed E-state index contributed by atoms with van der Waals surface area (Å²) in [5.41, 5.74) is -0.871. The molecule has 6 N–H and O–H groups in total. The highest BCUT2D eigenvalue weighted by Crippen LogP contribution is 2.65. The number of hydrogen-bond donors (Lipinski definition) is 6. The monoisotopic (exact) mass is 691 g/mol. The molecule has 0 spiro atoms. The van der Waals surface area contributed by atoms with Gasteiger partial charge in [0.05, 0.1) is 31.5 Å². The Morgan fingerprint density at radius 1 is 1.06 bits per heavy atom. The summed E-state index contributed by atoms with van der Waals surface area (Å²) in [6, 6.07) is -3.07. The van der Waals surface area contributed by atoms with Gasteiger partial charge in [0.15, 0.2) is 0 Å². The van der Waals surface area contributed by atoms with Crippen LogP contribution in [0.5, 0.6) is 0 Å². The number of nitrogens with one attached hydrogen (secondary N) is 5. The Kier molecular flexibility index (Phi) is 14.7. The predicted octanol–water partition coefficient (Wildman–Crippen LogP) is 3.44. The van der Waals surface area contributed by atoms with Crippen LogP contribution in [-0.4, -0.2) is 97.0 Å². The zero-order chi connectivity index (χ0) is 36.6. The molecular formula is C37H66N6O6. The zero-order valence-electron chi connectivity index (χ0n) is 31.5. The van der Waals surface area contributed by atoms with E-state index in [1.54, 1.807) is 4.90 Å². The maximum absolute atomic E-state index is 14.8. The normalized spacial score (nSPS) is 24.9. The molecule has 2 aliphatic carbocycles. The van der Waals surface area contributed by atoms with Gasteiger partial charge in [-0.1, -0.05) is 93.6 Å². The quantitative estimate of drug-likeness (QED) is 0.0520. The Morgan fingerprint density at radius 2 is 1.73 bits per heavy atom. The SMILES string of the molecule is C=CCNC(=O)C(=O)C(CCCC)NC(O)C1[C@@H]2[C@H](CN1C(=O)[C@@H](NC(=O)N[C@H](COCNCC)C(C)(C)C)C1(C)CCCCC1)C2(C)C. The number of rotatable bonds is 19. The Hall–Kier alpha value is -2.54. The first-order valence-electron chi connectivity index (χ1n) is 18.6. The lowest BCUT2D eigenvalue weighted by Crippen LogP contribution is -2.64. The smallest absolute Gasteiger partial charge is 0.315 e. The van der Waals surface area contributed by atoms with Crippen LogP contribution in [0.1, 0.15) is 107 Å². The first-order chi connectivity index (χ1) is 23.0. The summed E-state index contributed by atoms with van der Waals surface area (Å²) in [6.07, 6.45) is 6.74. The summed E-state index contributed by atoms with van der Waals surface area (Å²) in [4.78, 5) is 56.1. The van der Waals surface area contributed by atoms with Crippen molar-refractivity contribution in [2.45, 2.75) is 137 Å². The highest BCUT2D eigenvalue weighted by atomic mass is 16.5. The molecule has 4 amide bonds. The average Bonchev–Trinajstić information content (AvgIpc) is 3.35. The minimum absolute atomic E-state index is 0.00302. The standard InChI is InChI=1S/C37H66N6O6/c1-10-13-17-25(29(44)32(46)39-20-11-2)40-31(45)28-27-24(36(27,7)8)21-43(28)33(47)30(37(9)18-15-14-16-19-37)42-34(48)41-26(35(4,5)6)22-49-23-38-12-3/h11,24-28,30-31,38,40,45H,2,10,12-23H2,1,3-9H3,(H,39,46)(H2,41,42,48)/t24-,25?,26+,27-,28?,30+,31?/m0/s1. The number of carbonyl (C=O) groups excluding carboxylic acids is 4. The summed E-state index contributed by atoms with van der Waals surface area (Å²) in [7, 11) is 0. The second-order valence-electron chi connectivity index (χ2n) is 16.4. The van der Waals surface area contributed by atoms with Crippen LogP contribution in [0.15, 0.2) is 12.7 Å². The first kappa shape index (κ1) is 40.9. The van der Waals surface area contributed by atoms with Crippen LogP contribution < -0.4 is 26.6 Å². The van der Waals surface area contributed by atoms with Crippen LogP contribution in [0, 0.1) is 28.1 Å². The van der Waals surface area contributed by atoms with Crippen LogP contribution in [0.3, 0.4) is 0 Å². The third-order valence-electron chi connectivity index (χ3n) is 11.3. The minimum Gasteiger partial charge on any atom is -0.376 e. The van der Waals surface area contributed by atoms with Crippen molar-refractivity contribution in [1.82, 2.24) is 31.5 Å². The fourth-order valence-electron chi connectivity index (χ4n) is 7.90. The Morgan fingerprint density at radius 3 is 2.33 bits per heavy atom. The van der Waals surface area contributed by atoms with Crippen molar-refractivity contribution in [3.63, 3.8) is 0 Å². The highest BCUT2D eigenvalue weighted by Gasteiger charge is 2.69. The van der Waals surface area contributed by atoms with Crippen molar-refractivity contribution in [1.29, 1.82) is 0 Å². The first-order valence-corrected chi connectivity index (χ1v) is 18.6. The van der Waals surface area contributed by atoms with Gasteiger partial charge in [0, 0.05) is 13.1 Å². The molecule has 0 aromatic heterocycles. The number of carbonyl (C=O) groups is 4. The van der Waals surface area contributed by atoms with Crippen molar-refractivity contribution in [3.05, 3.63) is 12.7 Å². The molecule has 0 aromatic carbocycles. The van der Waals surface area contributed by atoms with Gasteiger partial charge < -0.3 is 30.7 Å². The summed E-state index contributed by atoms with van der Waals surface area (Å²) in [6.45, 7) is 22.2. The maximum Gasteiger partial charge on any atom is 0.315 e. The summed E-state index contributed by atoms with van der Waals surface area (Å²) in [5, 5.41) is 26.8.